The standard InChI is InChI=1S/C12H25N3O2/c1-10(3-6-12(16)14-13)15(2)7-8-17-9-11-4-5-11/h10-11H,3-9,13H2,1-2H3,(H,14,16). The fourth-order valence-electron chi connectivity index (χ4n) is 1.60. The van der Waals surface area contributed by atoms with E-state index in [1.807, 2.05) is 0 Å². The van der Waals surface area contributed by atoms with Crippen LogP contribution in [0.1, 0.15) is 32.6 Å². The molecule has 17 heavy (non-hydrogen) atoms. The Morgan fingerprint density at radius 2 is 2.29 bits per heavy atom. The maximum absolute atomic E-state index is 11.0. The van der Waals surface area contributed by atoms with Crippen LogP contribution in [0.5, 0.6) is 0 Å². The molecule has 0 aromatic carbocycles. The van der Waals surface area contributed by atoms with Crippen LogP contribution in [0.2, 0.25) is 0 Å². The molecule has 0 radical (unpaired) electrons. The first kappa shape index (κ1) is 14.4. The summed E-state index contributed by atoms with van der Waals surface area (Å²) in [7, 11) is 2.06. The van der Waals surface area contributed by atoms with Crippen molar-refractivity contribution >= 4 is 5.91 Å². The molecule has 1 fully saturated rings. The van der Waals surface area contributed by atoms with Crippen LogP contribution in [0.4, 0.5) is 0 Å². The number of carbonyl (C=O) groups excluding carboxylic acids is 1. The number of rotatable bonds is 9. The zero-order chi connectivity index (χ0) is 12.7. The van der Waals surface area contributed by atoms with E-state index in [4.69, 9.17) is 10.6 Å². The lowest BCUT2D eigenvalue weighted by Crippen LogP contribution is -2.35. The van der Waals surface area contributed by atoms with Gasteiger partial charge in [-0.2, -0.15) is 0 Å². The number of likely N-dealkylation sites (N-methyl/N-ethyl adjacent to an activating group) is 1. The predicted octanol–water partition coefficient (Wildman–Crippen LogP) is 0.503. The molecule has 0 aromatic heterocycles. The largest absolute Gasteiger partial charge is 0.380 e. The van der Waals surface area contributed by atoms with E-state index < -0.39 is 0 Å². The second-order valence-electron chi connectivity index (χ2n) is 4.95. The quantitative estimate of drug-likeness (QED) is 0.268. The van der Waals surface area contributed by atoms with Crippen molar-refractivity contribution in [3.05, 3.63) is 0 Å². The van der Waals surface area contributed by atoms with Crippen molar-refractivity contribution in [1.29, 1.82) is 0 Å². The molecule has 0 heterocycles. The van der Waals surface area contributed by atoms with E-state index in [0.29, 0.717) is 12.5 Å². The van der Waals surface area contributed by atoms with E-state index in [1.54, 1.807) is 0 Å². The van der Waals surface area contributed by atoms with Crippen LogP contribution in [0.25, 0.3) is 0 Å². The molecular weight excluding hydrogens is 218 g/mol. The normalized spacial score (nSPS) is 17.2. The SMILES string of the molecule is CC(CCC(=O)NN)N(C)CCOCC1CC1. The van der Waals surface area contributed by atoms with Gasteiger partial charge in [0, 0.05) is 25.6 Å². The Kier molecular flexibility index (Phi) is 6.47. The zero-order valence-electron chi connectivity index (χ0n) is 10.9. The molecule has 1 unspecified atom stereocenters. The highest BCUT2D eigenvalue weighted by atomic mass is 16.5. The summed E-state index contributed by atoms with van der Waals surface area (Å²) >= 11 is 0. The summed E-state index contributed by atoms with van der Waals surface area (Å²) in [6.45, 7) is 4.72. The highest BCUT2D eigenvalue weighted by Crippen LogP contribution is 2.28. The molecule has 0 spiro atoms. The van der Waals surface area contributed by atoms with Crippen molar-refractivity contribution in [2.24, 2.45) is 11.8 Å². The molecule has 0 bridgehead atoms. The van der Waals surface area contributed by atoms with E-state index in [9.17, 15) is 4.79 Å². The van der Waals surface area contributed by atoms with Crippen molar-refractivity contribution in [3.8, 4) is 0 Å². The number of nitrogens with zero attached hydrogens (tertiary/aromatic N) is 1. The predicted molar refractivity (Wildman–Crippen MR) is 67.2 cm³/mol. The molecule has 0 saturated heterocycles. The highest BCUT2D eigenvalue weighted by molar-refractivity contribution is 5.75. The minimum Gasteiger partial charge on any atom is -0.380 e. The zero-order valence-corrected chi connectivity index (χ0v) is 10.9. The van der Waals surface area contributed by atoms with E-state index in [-0.39, 0.29) is 5.91 Å². The fourth-order valence-corrected chi connectivity index (χ4v) is 1.60. The third kappa shape index (κ3) is 6.61. The third-order valence-corrected chi connectivity index (χ3v) is 3.34. The average molecular weight is 243 g/mol. The van der Waals surface area contributed by atoms with E-state index >= 15 is 0 Å². The maximum atomic E-state index is 11.0. The number of nitrogens with two attached hydrogens (primary N) is 1. The molecular formula is C12H25N3O2. The van der Waals surface area contributed by atoms with Gasteiger partial charge in [0.2, 0.25) is 5.91 Å². The van der Waals surface area contributed by atoms with Crippen molar-refractivity contribution in [2.75, 3.05) is 26.8 Å². The number of nitrogens with one attached hydrogen (secondary N) is 1. The van der Waals surface area contributed by atoms with E-state index in [0.717, 1.165) is 32.1 Å². The maximum Gasteiger partial charge on any atom is 0.233 e. The average Bonchev–Trinajstić information content (AvgIpc) is 3.14. The number of amides is 1. The van der Waals surface area contributed by atoms with Crippen LogP contribution < -0.4 is 11.3 Å². The molecule has 1 atom stereocenters. The van der Waals surface area contributed by atoms with Gasteiger partial charge in [-0.25, -0.2) is 5.84 Å². The second-order valence-corrected chi connectivity index (χ2v) is 4.95. The molecule has 3 N–H and O–H groups in total. The smallest absolute Gasteiger partial charge is 0.233 e. The molecule has 1 saturated carbocycles. The first-order chi connectivity index (χ1) is 8.13. The Morgan fingerprint density at radius 1 is 1.59 bits per heavy atom. The Balaban J connectivity index is 1.99. The third-order valence-electron chi connectivity index (χ3n) is 3.34. The van der Waals surface area contributed by atoms with E-state index in [1.165, 1.54) is 12.8 Å². The molecule has 0 aromatic rings. The monoisotopic (exact) mass is 243 g/mol. The minimum absolute atomic E-state index is 0.102. The van der Waals surface area contributed by atoms with Crippen LogP contribution in [0.15, 0.2) is 0 Å². The molecule has 1 amide bonds. The first-order valence-corrected chi connectivity index (χ1v) is 6.41. The molecule has 1 aliphatic rings. The number of hydrogen-bond acceptors (Lipinski definition) is 4. The molecule has 100 valence electrons. The summed E-state index contributed by atoms with van der Waals surface area (Å²) in [5, 5.41) is 0. The summed E-state index contributed by atoms with van der Waals surface area (Å²) in [5.74, 6) is 5.76. The van der Waals surface area contributed by atoms with Gasteiger partial charge in [-0.05, 0) is 39.2 Å². The second kappa shape index (κ2) is 7.63. The summed E-state index contributed by atoms with van der Waals surface area (Å²) in [4.78, 5) is 13.2. The van der Waals surface area contributed by atoms with Crippen molar-refractivity contribution in [2.45, 2.75) is 38.6 Å². The molecule has 1 rings (SSSR count). The van der Waals surface area contributed by atoms with Gasteiger partial charge in [0.25, 0.3) is 0 Å². The van der Waals surface area contributed by atoms with Crippen LogP contribution in [-0.2, 0) is 9.53 Å². The number of hydrogen-bond donors (Lipinski definition) is 2. The Hall–Kier alpha value is -0.650. The number of carbonyl (C=O) groups is 1. The van der Waals surface area contributed by atoms with Gasteiger partial charge in [-0.3, -0.25) is 10.2 Å². The van der Waals surface area contributed by atoms with Gasteiger partial charge in [-0.1, -0.05) is 0 Å². The van der Waals surface area contributed by atoms with E-state index in [2.05, 4.69) is 24.3 Å². The summed E-state index contributed by atoms with van der Waals surface area (Å²) in [6.07, 6.45) is 3.97. The Labute approximate surface area is 104 Å². The topological polar surface area (TPSA) is 67.6 Å². The molecule has 1 aliphatic carbocycles. The van der Waals surface area contributed by atoms with Crippen LogP contribution in [0.3, 0.4) is 0 Å². The van der Waals surface area contributed by atoms with Gasteiger partial charge in [0.15, 0.2) is 0 Å². The Bertz CT molecular complexity index is 232. The minimum atomic E-state index is -0.102. The van der Waals surface area contributed by atoms with Crippen molar-refractivity contribution in [1.82, 2.24) is 10.3 Å². The summed E-state index contributed by atoms with van der Waals surface area (Å²) < 4.78 is 5.58. The Morgan fingerprint density at radius 3 is 2.88 bits per heavy atom. The number of hydrazine groups is 1. The van der Waals surface area contributed by atoms with Gasteiger partial charge in [0.05, 0.1) is 6.61 Å². The summed E-state index contributed by atoms with van der Waals surface area (Å²) in [6, 6.07) is 0.372. The molecule has 0 aliphatic heterocycles. The van der Waals surface area contributed by atoms with Crippen LogP contribution >= 0.6 is 0 Å². The highest BCUT2D eigenvalue weighted by Gasteiger charge is 2.21. The lowest BCUT2D eigenvalue weighted by molar-refractivity contribution is -0.121. The van der Waals surface area contributed by atoms with Crippen molar-refractivity contribution in [3.63, 3.8) is 0 Å². The molecule has 5 heteroatoms. The lowest BCUT2D eigenvalue weighted by atomic mass is 10.1. The fraction of sp³-hybridized carbons (Fsp3) is 0.917. The summed E-state index contributed by atoms with van der Waals surface area (Å²) in [5.41, 5.74) is 2.15. The van der Waals surface area contributed by atoms with Gasteiger partial charge < -0.3 is 9.64 Å². The van der Waals surface area contributed by atoms with Gasteiger partial charge >= 0.3 is 0 Å². The first-order valence-electron chi connectivity index (χ1n) is 6.41. The van der Waals surface area contributed by atoms with Gasteiger partial charge in [0.1, 0.15) is 0 Å². The number of ether oxygens (including phenoxy) is 1. The van der Waals surface area contributed by atoms with Crippen LogP contribution in [-0.4, -0.2) is 43.7 Å². The molecule has 5 nitrogen and oxygen atoms in total. The lowest BCUT2D eigenvalue weighted by Gasteiger charge is -2.24. The van der Waals surface area contributed by atoms with Gasteiger partial charge in [-0.15, -0.1) is 0 Å². The van der Waals surface area contributed by atoms with Crippen molar-refractivity contribution < 1.29 is 9.53 Å². The van der Waals surface area contributed by atoms with Crippen LogP contribution in [0, 0.1) is 5.92 Å².